The third kappa shape index (κ3) is 2.04. The minimum Gasteiger partial charge on any atom is -0.261 e. The molecular weight excluding hydrogens is 134 g/mol. The predicted molar refractivity (Wildman–Crippen MR) is 47.7 cm³/mol. The zero-order chi connectivity index (χ0) is 8.27. The highest BCUT2D eigenvalue weighted by atomic mass is 14.7. The SMILES string of the molecule is CCCc1cnc(C)c(C)c1. The zero-order valence-electron chi connectivity index (χ0n) is 7.52. The van der Waals surface area contributed by atoms with Crippen LogP contribution in [0, 0.1) is 13.8 Å². The van der Waals surface area contributed by atoms with E-state index in [-0.39, 0.29) is 0 Å². The summed E-state index contributed by atoms with van der Waals surface area (Å²) in [6.07, 6.45) is 4.32. The number of aromatic nitrogens is 1. The molecule has 0 unspecified atom stereocenters. The lowest BCUT2D eigenvalue weighted by Gasteiger charge is -2.01. The van der Waals surface area contributed by atoms with Gasteiger partial charge in [-0.1, -0.05) is 19.4 Å². The van der Waals surface area contributed by atoms with Gasteiger partial charge in [0.25, 0.3) is 0 Å². The number of aryl methyl sites for hydroxylation is 3. The highest BCUT2D eigenvalue weighted by molar-refractivity contribution is 5.22. The molecule has 0 bridgehead atoms. The van der Waals surface area contributed by atoms with E-state index in [1.165, 1.54) is 17.5 Å². The van der Waals surface area contributed by atoms with Gasteiger partial charge in [-0.15, -0.1) is 0 Å². The van der Waals surface area contributed by atoms with Crippen molar-refractivity contribution in [2.24, 2.45) is 0 Å². The van der Waals surface area contributed by atoms with Gasteiger partial charge in [0.15, 0.2) is 0 Å². The van der Waals surface area contributed by atoms with Crippen molar-refractivity contribution in [3.05, 3.63) is 29.1 Å². The molecule has 0 fully saturated rings. The lowest BCUT2D eigenvalue weighted by Crippen LogP contribution is -1.90. The van der Waals surface area contributed by atoms with Crippen molar-refractivity contribution in [3.8, 4) is 0 Å². The molecular formula is C10H15N. The molecule has 0 spiro atoms. The van der Waals surface area contributed by atoms with Gasteiger partial charge in [-0.2, -0.15) is 0 Å². The third-order valence-electron chi connectivity index (χ3n) is 1.94. The Morgan fingerprint density at radius 2 is 2.09 bits per heavy atom. The fourth-order valence-electron chi connectivity index (χ4n) is 1.13. The molecule has 1 heteroatoms. The molecule has 1 aromatic rings. The predicted octanol–water partition coefficient (Wildman–Crippen LogP) is 2.65. The van der Waals surface area contributed by atoms with Crippen molar-refractivity contribution >= 4 is 0 Å². The van der Waals surface area contributed by atoms with Crippen molar-refractivity contribution in [1.82, 2.24) is 4.98 Å². The monoisotopic (exact) mass is 149 g/mol. The van der Waals surface area contributed by atoms with E-state index in [9.17, 15) is 0 Å². The van der Waals surface area contributed by atoms with Gasteiger partial charge in [0.1, 0.15) is 0 Å². The van der Waals surface area contributed by atoms with Crippen LogP contribution in [0.4, 0.5) is 0 Å². The molecule has 0 radical (unpaired) electrons. The topological polar surface area (TPSA) is 12.9 Å². The highest BCUT2D eigenvalue weighted by Gasteiger charge is 1.95. The maximum absolute atomic E-state index is 4.30. The molecule has 0 N–H and O–H groups in total. The van der Waals surface area contributed by atoms with Gasteiger partial charge in [-0.3, -0.25) is 4.98 Å². The Bertz CT molecular complexity index is 241. The molecule has 11 heavy (non-hydrogen) atoms. The number of hydrogen-bond donors (Lipinski definition) is 0. The Hall–Kier alpha value is -0.850. The van der Waals surface area contributed by atoms with Crippen molar-refractivity contribution in [3.63, 3.8) is 0 Å². The Kier molecular flexibility index (Phi) is 2.64. The van der Waals surface area contributed by atoms with E-state index in [1.54, 1.807) is 0 Å². The highest BCUT2D eigenvalue weighted by Crippen LogP contribution is 2.07. The molecule has 1 rings (SSSR count). The average Bonchev–Trinajstić information content (AvgIpc) is 1.98. The van der Waals surface area contributed by atoms with Crippen LogP contribution >= 0.6 is 0 Å². The molecule has 0 aliphatic carbocycles. The van der Waals surface area contributed by atoms with E-state index in [4.69, 9.17) is 0 Å². The molecule has 0 amide bonds. The van der Waals surface area contributed by atoms with Crippen LogP contribution in [0.2, 0.25) is 0 Å². The second-order valence-corrected chi connectivity index (χ2v) is 3.00. The maximum Gasteiger partial charge on any atom is 0.0401 e. The Balaban J connectivity index is 2.86. The van der Waals surface area contributed by atoms with E-state index in [0.29, 0.717) is 0 Å². The largest absolute Gasteiger partial charge is 0.261 e. The van der Waals surface area contributed by atoms with Gasteiger partial charge in [-0.05, 0) is 31.4 Å². The quantitative estimate of drug-likeness (QED) is 0.630. The Labute approximate surface area is 68.5 Å². The zero-order valence-corrected chi connectivity index (χ0v) is 7.52. The van der Waals surface area contributed by atoms with Crippen LogP contribution in [0.3, 0.4) is 0 Å². The molecule has 0 aliphatic heterocycles. The first-order valence-electron chi connectivity index (χ1n) is 4.16. The van der Waals surface area contributed by atoms with Gasteiger partial charge < -0.3 is 0 Å². The first kappa shape index (κ1) is 8.25. The summed E-state index contributed by atoms with van der Waals surface area (Å²) < 4.78 is 0. The van der Waals surface area contributed by atoms with E-state index in [1.807, 2.05) is 13.1 Å². The summed E-state index contributed by atoms with van der Waals surface area (Å²) in [5, 5.41) is 0. The summed E-state index contributed by atoms with van der Waals surface area (Å²) in [4.78, 5) is 4.30. The fraction of sp³-hybridized carbons (Fsp3) is 0.500. The number of hydrogen-bond acceptors (Lipinski definition) is 1. The van der Waals surface area contributed by atoms with E-state index >= 15 is 0 Å². The summed E-state index contributed by atoms with van der Waals surface area (Å²) in [6, 6.07) is 2.23. The summed E-state index contributed by atoms with van der Waals surface area (Å²) in [5.74, 6) is 0. The summed E-state index contributed by atoms with van der Waals surface area (Å²) in [5.41, 5.74) is 3.80. The van der Waals surface area contributed by atoms with Crippen LogP contribution in [0.25, 0.3) is 0 Å². The van der Waals surface area contributed by atoms with Crippen molar-refractivity contribution in [2.45, 2.75) is 33.6 Å². The van der Waals surface area contributed by atoms with Crippen LogP contribution in [0.15, 0.2) is 12.3 Å². The summed E-state index contributed by atoms with van der Waals surface area (Å²) in [6.45, 7) is 6.35. The van der Waals surface area contributed by atoms with Gasteiger partial charge in [0.2, 0.25) is 0 Å². The Morgan fingerprint density at radius 1 is 1.36 bits per heavy atom. The lowest BCUT2D eigenvalue weighted by atomic mass is 10.1. The van der Waals surface area contributed by atoms with Crippen molar-refractivity contribution < 1.29 is 0 Å². The van der Waals surface area contributed by atoms with Crippen LogP contribution in [0.1, 0.15) is 30.2 Å². The molecule has 0 saturated carbocycles. The molecule has 60 valence electrons. The third-order valence-corrected chi connectivity index (χ3v) is 1.94. The molecule has 1 aromatic heterocycles. The van der Waals surface area contributed by atoms with Crippen LogP contribution in [0.5, 0.6) is 0 Å². The molecule has 0 saturated heterocycles. The summed E-state index contributed by atoms with van der Waals surface area (Å²) in [7, 11) is 0. The van der Waals surface area contributed by atoms with Crippen molar-refractivity contribution in [2.75, 3.05) is 0 Å². The normalized spacial score (nSPS) is 10.1. The van der Waals surface area contributed by atoms with Gasteiger partial charge in [0, 0.05) is 11.9 Å². The second-order valence-electron chi connectivity index (χ2n) is 3.00. The van der Waals surface area contributed by atoms with E-state index in [2.05, 4.69) is 24.9 Å². The number of nitrogens with zero attached hydrogens (tertiary/aromatic N) is 1. The average molecular weight is 149 g/mol. The van der Waals surface area contributed by atoms with Crippen LogP contribution in [-0.2, 0) is 6.42 Å². The second kappa shape index (κ2) is 3.51. The van der Waals surface area contributed by atoms with Gasteiger partial charge in [-0.25, -0.2) is 0 Å². The number of pyridine rings is 1. The molecule has 0 atom stereocenters. The number of rotatable bonds is 2. The van der Waals surface area contributed by atoms with Crippen LogP contribution < -0.4 is 0 Å². The first-order chi connectivity index (χ1) is 5.24. The van der Waals surface area contributed by atoms with Gasteiger partial charge >= 0.3 is 0 Å². The van der Waals surface area contributed by atoms with E-state index < -0.39 is 0 Å². The minimum absolute atomic E-state index is 1.14. The minimum atomic E-state index is 1.14. The maximum atomic E-state index is 4.30. The first-order valence-corrected chi connectivity index (χ1v) is 4.16. The van der Waals surface area contributed by atoms with Gasteiger partial charge in [0.05, 0.1) is 0 Å². The standard InChI is InChI=1S/C10H15N/c1-4-5-10-6-8(2)9(3)11-7-10/h6-7H,4-5H2,1-3H3. The van der Waals surface area contributed by atoms with Crippen molar-refractivity contribution in [1.29, 1.82) is 0 Å². The Morgan fingerprint density at radius 3 is 2.64 bits per heavy atom. The van der Waals surface area contributed by atoms with E-state index in [0.717, 1.165) is 12.1 Å². The van der Waals surface area contributed by atoms with Crippen LogP contribution in [-0.4, -0.2) is 4.98 Å². The lowest BCUT2D eigenvalue weighted by molar-refractivity contribution is 0.906. The molecule has 1 nitrogen and oxygen atoms in total. The molecule has 0 aromatic carbocycles. The molecule has 1 heterocycles. The molecule has 0 aliphatic rings. The summed E-state index contributed by atoms with van der Waals surface area (Å²) >= 11 is 0. The fourth-order valence-corrected chi connectivity index (χ4v) is 1.13. The smallest absolute Gasteiger partial charge is 0.0401 e.